The molecule has 3 N–H and O–H groups in total. The van der Waals surface area contributed by atoms with E-state index in [-0.39, 0.29) is 32.3 Å². The molecular formula is C46H78NO7P. The van der Waals surface area contributed by atoms with Crippen molar-refractivity contribution in [2.24, 2.45) is 5.73 Å². The summed E-state index contributed by atoms with van der Waals surface area (Å²) in [6, 6.07) is 0. The molecule has 8 nitrogen and oxygen atoms in total. The van der Waals surface area contributed by atoms with Crippen molar-refractivity contribution in [1.29, 1.82) is 0 Å². The molecule has 9 heteroatoms. The van der Waals surface area contributed by atoms with Gasteiger partial charge in [0.1, 0.15) is 6.10 Å². The number of hydrogen-bond donors (Lipinski definition) is 2. The van der Waals surface area contributed by atoms with Crippen molar-refractivity contribution >= 4 is 13.8 Å². The molecule has 2 unspecified atom stereocenters. The van der Waals surface area contributed by atoms with Gasteiger partial charge in [0.25, 0.3) is 0 Å². The average Bonchev–Trinajstić information content (AvgIpc) is 3.17. The number of allylic oxidation sites excluding steroid dienone is 16. The first-order chi connectivity index (χ1) is 26.9. The van der Waals surface area contributed by atoms with Crippen molar-refractivity contribution in [2.75, 3.05) is 33.0 Å². The molecule has 0 aromatic heterocycles. The van der Waals surface area contributed by atoms with Crippen LogP contribution in [0.4, 0.5) is 0 Å². The molecule has 0 aromatic rings. The summed E-state index contributed by atoms with van der Waals surface area (Å²) in [7, 11) is -4.30. The molecule has 0 saturated heterocycles. The van der Waals surface area contributed by atoms with Gasteiger partial charge in [-0.3, -0.25) is 13.8 Å². The first-order valence-corrected chi connectivity index (χ1v) is 22.7. The van der Waals surface area contributed by atoms with Crippen LogP contribution in [0.5, 0.6) is 0 Å². The highest BCUT2D eigenvalue weighted by atomic mass is 31.2. The predicted octanol–water partition coefficient (Wildman–Crippen LogP) is 12.7. The molecule has 0 aliphatic carbocycles. The number of phosphoric ester groups is 1. The van der Waals surface area contributed by atoms with Crippen molar-refractivity contribution in [3.8, 4) is 0 Å². The van der Waals surface area contributed by atoms with E-state index in [4.69, 9.17) is 24.3 Å². The Kier molecular flexibility index (Phi) is 40.6. The van der Waals surface area contributed by atoms with Crippen LogP contribution in [-0.4, -0.2) is 49.9 Å². The van der Waals surface area contributed by atoms with Gasteiger partial charge in [0.05, 0.1) is 19.8 Å². The van der Waals surface area contributed by atoms with E-state index < -0.39 is 13.9 Å². The third kappa shape index (κ3) is 42.4. The zero-order valence-electron chi connectivity index (χ0n) is 34.6. The van der Waals surface area contributed by atoms with Crippen LogP contribution < -0.4 is 5.73 Å². The van der Waals surface area contributed by atoms with E-state index in [1.165, 1.54) is 32.1 Å². The van der Waals surface area contributed by atoms with Crippen molar-refractivity contribution in [2.45, 2.75) is 155 Å². The van der Waals surface area contributed by atoms with Crippen molar-refractivity contribution in [1.82, 2.24) is 0 Å². The number of unbranched alkanes of at least 4 members (excludes halogenated alkanes) is 10. The highest BCUT2D eigenvalue weighted by molar-refractivity contribution is 7.47. The van der Waals surface area contributed by atoms with Crippen molar-refractivity contribution < 1.29 is 32.8 Å². The average molecular weight is 788 g/mol. The number of esters is 1. The molecule has 0 saturated carbocycles. The van der Waals surface area contributed by atoms with E-state index >= 15 is 0 Å². The van der Waals surface area contributed by atoms with E-state index in [2.05, 4.69) is 111 Å². The first kappa shape index (κ1) is 52.4. The predicted molar refractivity (Wildman–Crippen MR) is 233 cm³/mol. The van der Waals surface area contributed by atoms with Gasteiger partial charge in [-0.2, -0.15) is 0 Å². The van der Waals surface area contributed by atoms with Crippen LogP contribution in [0.25, 0.3) is 0 Å². The van der Waals surface area contributed by atoms with Gasteiger partial charge >= 0.3 is 13.8 Å². The lowest BCUT2D eigenvalue weighted by atomic mass is 10.1. The van der Waals surface area contributed by atoms with Crippen molar-refractivity contribution in [3.63, 3.8) is 0 Å². The Bertz CT molecular complexity index is 1150. The Labute approximate surface area is 336 Å². The Morgan fingerprint density at radius 1 is 0.564 bits per heavy atom. The first-order valence-electron chi connectivity index (χ1n) is 21.2. The maximum absolute atomic E-state index is 12.5. The third-order valence-electron chi connectivity index (χ3n) is 8.24. The quantitative estimate of drug-likeness (QED) is 0.0274. The largest absolute Gasteiger partial charge is 0.472 e. The Morgan fingerprint density at radius 2 is 1.02 bits per heavy atom. The summed E-state index contributed by atoms with van der Waals surface area (Å²) < 4.78 is 33.3. The summed E-state index contributed by atoms with van der Waals surface area (Å²) in [6.45, 7) is 4.62. The smallest absolute Gasteiger partial charge is 0.457 e. The fourth-order valence-electron chi connectivity index (χ4n) is 5.15. The number of ether oxygens (including phenoxy) is 2. The molecule has 55 heavy (non-hydrogen) atoms. The number of nitrogens with two attached hydrogens (primary N) is 1. The summed E-state index contributed by atoms with van der Waals surface area (Å²) in [6.07, 6.45) is 55.8. The maximum atomic E-state index is 12.5. The van der Waals surface area contributed by atoms with E-state index in [9.17, 15) is 14.3 Å². The Morgan fingerprint density at radius 3 is 1.55 bits per heavy atom. The molecular weight excluding hydrogens is 709 g/mol. The Balaban J connectivity index is 4.15. The minimum absolute atomic E-state index is 0.0765. The van der Waals surface area contributed by atoms with Gasteiger partial charge < -0.3 is 20.1 Å². The molecule has 314 valence electrons. The number of phosphoric acid groups is 1. The zero-order valence-corrected chi connectivity index (χ0v) is 35.5. The summed E-state index contributed by atoms with van der Waals surface area (Å²) >= 11 is 0. The Hall–Kier alpha value is -2.58. The lowest BCUT2D eigenvalue weighted by Gasteiger charge is -2.20. The van der Waals surface area contributed by atoms with Gasteiger partial charge in [0.2, 0.25) is 0 Å². The van der Waals surface area contributed by atoms with Crippen LogP contribution in [0.1, 0.15) is 149 Å². The van der Waals surface area contributed by atoms with Gasteiger partial charge in [0.15, 0.2) is 0 Å². The lowest BCUT2D eigenvalue weighted by Crippen LogP contribution is -2.28. The second-order valence-corrected chi connectivity index (χ2v) is 14.9. The molecule has 0 radical (unpaired) electrons. The van der Waals surface area contributed by atoms with E-state index in [0.717, 1.165) is 96.3 Å². The summed E-state index contributed by atoms with van der Waals surface area (Å²) in [5.41, 5.74) is 5.36. The topological polar surface area (TPSA) is 117 Å². The molecule has 0 rings (SSSR count). The highest BCUT2D eigenvalue weighted by Gasteiger charge is 2.25. The van der Waals surface area contributed by atoms with E-state index in [0.29, 0.717) is 13.0 Å². The summed E-state index contributed by atoms with van der Waals surface area (Å²) in [5, 5.41) is 0. The van der Waals surface area contributed by atoms with Gasteiger partial charge in [0, 0.05) is 19.6 Å². The molecule has 0 aromatic carbocycles. The number of carbonyl (C=O) groups is 1. The standard InChI is InChI=1S/C46H78NO7P/c1-3-5-7-9-11-13-15-17-18-19-20-21-22-23-24-25-26-27-28-30-32-34-36-38-41-51-43-45(44-53-55(49,50)52-42-40-47)54-46(48)39-37-35-33-31-29-16-14-12-10-8-6-4-2/h5,7,11-14,17-18,20-21,23-24,26-27,30,32,45H,3-4,6,8-10,15-16,19,22,25,28-29,31,33-44,47H2,1-2H3,(H,49,50)/b7-5-,13-11-,14-12-,18-17-,21-20-,24-23-,27-26-,32-30-. The van der Waals surface area contributed by atoms with Crippen molar-refractivity contribution in [3.05, 3.63) is 97.2 Å². The van der Waals surface area contributed by atoms with Crippen LogP contribution in [0.3, 0.4) is 0 Å². The van der Waals surface area contributed by atoms with E-state index in [1.54, 1.807) is 0 Å². The normalized spacial score (nSPS) is 14.5. The lowest BCUT2D eigenvalue weighted by molar-refractivity contribution is -0.154. The second kappa shape index (κ2) is 42.6. The van der Waals surface area contributed by atoms with Crippen LogP contribution in [0.2, 0.25) is 0 Å². The van der Waals surface area contributed by atoms with Crippen LogP contribution in [-0.2, 0) is 27.9 Å². The van der Waals surface area contributed by atoms with Gasteiger partial charge in [-0.15, -0.1) is 0 Å². The highest BCUT2D eigenvalue weighted by Crippen LogP contribution is 2.43. The fourth-order valence-corrected chi connectivity index (χ4v) is 5.91. The zero-order chi connectivity index (χ0) is 40.2. The summed E-state index contributed by atoms with van der Waals surface area (Å²) in [5.74, 6) is -0.361. The molecule has 0 bridgehead atoms. The molecule has 2 atom stereocenters. The fraction of sp³-hybridized carbons (Fsp3) is 0.630. The molecule has 0 spiro atoms. The number of rotatable bonds is 39. The molecule has 0 aliphatic heterocycles. The number of hydrogen-bond acceptors (Lipinski definition) is 7. The molecule has 0 amide bonds. The monoisotopic (exact) mass is 788 g/mol. The van der Waals surface area contributed by atoms with Crippen LogP contribution in [0, 0.1) is 0 Å². The maximum Gasteiger partial charge on any atom is 0.472 e. The number of carbonyl (C=O) groups excluding carboxylic acids is 1. The molecule has 0 aliphatic rings. The molecule has 0 fully saturated rings. The second-order valence-electron chi connectivity index (χ2n) is 13.5. The third-order valence-corrected chi connectivity index (χ3v) is 9.22. The van der Waals surface area contributed by atoms with E-state index in [1.807, 2.05) is 0 Å². The minimum atomic E-state index is -4.30. The molecule has 0 heterocycles. The van der Waals surface area contributed by atoms with Crippen LogP contribution in [0.15, 0.2) is 97.2 Å². The van der Waals surface area contributed by atoms with Crippen LogP contribution >= 0.6 is 7.82 Å². The minimum Gasteiger partial charge on any atom is -0.457 e. The van der Waals surface area contributed by atoms with Gasteiger partial charge in [-0.05, 0) is 96.3 Å². The van der Waals surface area contributed by atoms with Gasteiger partial charge in [-0.1, -0.05) is 143 Å². The summed E-state index contributed by atoms with van der Waals surface area (Å²) in [4.78, 5) is 22.4. The SMILES string of the molecule is CC/C=C\C/C=C\C/C=C\C/C=C\C/C=C\C/C=C\C/C=C\CCCCOCC(COP(=O)(O)OCCN)OC(=O)CCCCCCC/C=C\CCCCC. The van der Waals surface area contributed by atoms with Gasteiger partial charge in [-0.25, -0.2) is 4.57 Å².